The molecule has 254 valence electrons. The van der Waals surface area contributed by atoms with Crippen molar-refractivity contribution in [3.63, 3.8) is 0 Å². The van der Waals surface area contributed by atoms with Gasteiger partial charge in [-0.2, -0.15) is 0 Å². The van der Waals surface area contributed by atoms with Crippen molar-refractivity contribution in [2.45, 2.75) is 82.5 Å². The normalized spacial score (nSPS) is 22.4. The quantitative estimate of drug-likeness (QED) is 0.230. The number of rotatable bonds is 11. The second-order valence-electron chi connectivity index (χ2n) is 13.8. The van der Waals surface area contributed by atoms with E-state index < -0.39 is 0 Å². The van der Waals surface area contributed by atoms with Gasteiger partial charge in [-0.05, 0) is 98.0 Å². The number of ether oxygens (including phenoxy) is 1. The fourth-order valence-electron chi connectivity index (χ4n) is 7.04. The van der Waals surface area contributed by atoms with Gasteiger partial charge in [0.15, 0.2) is 5.75 Å². The van der Waals surface area contributed by atoms with E-state index in [9.17, 15) is 9.59 Å². The van der Waals surface area contributed by atoms with Crippen LogP contribution in [0.15, 0.2) is 48.7 Å². The Hall–Kier alpha value is -3.04. The Balaban J connectivity index is 1.01. The summed E-state index contributed by atoms with van der Waals surface area (Å²) in [6, 6.07) is 14.2. The maximum atomic E-state index is 14.3. The monoisotopic (exact) mass is 709 g/mol. The van der Waals surface area contributed by atoms with Gasteiger partial charge in [0.25, 0.3) is 0 Å². The summed E-state index contributed by atoms with van der Waals surface area (Å²) in [5.41, 5.74) is 3.88. The lowest BCUT2D eigenvalue weighted by Crippen LogP contribution is -2.47. The van der Waals surface area contributed by atoms with Crippen LogP contribution in [0.3, 0.4) is 0 Å². The minimum absolute atomic E-state index is 0.0339. The van der Waals surface area contributed by atoms with Gasteiger partial charge >= 0.3 is 0 Å². The number of pyridine rings is 1. The molecule has 2 aliphatic carbocycles. The Morgan fingerprint density at radius 2 is 1.79 bits per heavy atom. The number of nitrogens with one attached hydrogen (secondary N) is 2. The number of carbonyl (C=O) groups excluding carboxylic acids is 2. The second kappa shape index (κ2) is 14.4. The predicted molar refractivity (Wildman–Crippen MR) is 190 cm³/mol. The first kappa shape index (κ1) is 33.5. The van der Waals surface area contributed by atoms with Gasteiger partial charge in [-0.3, -0.25) is 9.59 Å². The Morgan fingerprint density at radius 3 is 2.50 bits per heavy atom. The van der Waals surface area contributed by atoms with E-state index in [-0.39, 0.29) is 35.8 Å². The average Bonchev–Trinajstić information content (AvgIpc) is 4.02. The van der Waals surface area contributed by atoms with E-state index >= 15 is 0 Å². The van der Waals surface area contributed by atoms with Crippen LogP contribution in [0.5, 0.6) is 5.75 Å². The molecule has 48 heavy (non-hydrogen) atoms. The predicted octanol–water partition coefficient (Wildman–Crippen LogP) is 6.71. The highest BCUT2D eigenvalue weighted by atomic mass is 35.5. The van der Waals surface area contributed by atoms with Crippen molar-refractivity contribution in [1.29, 1.82) is 0 Å². The summed E-state index contributed by atoms with van der Waals surface area (Å²) in [5.74, 6) is 1.47. The van der Waals surface area contributed by atoms with Crippen molar-refractivity contribution in [2.75, 3.05) is 31.1 Å². The van der Waals surface area contributed by atoms with E-state index in [4.69, 9.17) is 44.5 Å². The molecular formula is C37H42Cl3N5O3. The zero-order valence-corrected chi connectivity index (χ0v) is 29.5. The van der Waals surface area contributed by atoms with E-state index in [0.29, 0.717) is 52.9 Å². The summed E-state index contributed by atoms with van der Waals surface area (Å²) in [4.78, 5) is 35.9. The highest BCUT2D eigenvalue weighted by Gasteiger charge is 2.40. The number of aromatic nitrogens is 1. The van der Waals surface area contributed by atoms with Gasteiger partial charge in [0.2, 0.25) is 11.8 Å². The van der Waals surface area contributed by atoms with Crippen LogP contribution in [0.1, 0.15) is 66.7 Å². The number of halogens is 3. The molecule has 4 aliphatic rings. The summed E-state index contributed by atoms with van der Waals surface area (Å²) in [6.07, 6.45) is 8.03. The minimum atomic E-state index is -0.202. The van der Waals surface area contributed by atoms with E-state index in [1.165, 1.54) is 0 Å². The summed E-state index contributed by atoms with van der Waals surface area (Å²) in [7, 11) is 0. The number of anilines is 1. The molecule has 2 amide bonds. The first-order valence-corrected chi connectivity index (χ1v) is 18.3. The van der Waals surface area contributed by atoms with Crippen molar-refractivity contribution in [3.8, 4) is 5.75 Å². The third-order valence-corrected chi connectivity index (χ3v) is 10.9. The van der Waals surface area contributed by atoms with Crippen molar-refractivity contribution in [1.82, 2.24) is 20.5 Å². The molecule has 2 aromatic carbocycles. The maximum Gasteiger partial charge on any atom is 0.228 e. The molecule has 8 nitrogen and oxygen atoms in total. The molecule has 7 rings (SSSR count). The molecule has 2 N–H and O–H groups in total. The smallest absolute Gasteiger partial charge is 0.228 e. The van der Waals surface area contributed by atoms with Crippen LogP contribution < -0.4 is 20.3 Å². The molecule has 0 radical (unpaired) electrons. The van der Waals surface area contributed by atoms with E-state index in [0.717, 1.165) is 79.7 Å². The molecule has 4 fully saturated rings. The fourth-order valence-corrected chi connectivity index (χ4v) is 7.90. The molecule has 2 aliphatic heterocycles. The van der Waals surface area contributed by atoms with Crippen LogP contribution in [-0.2, 0) is 22.6 Å². The zero-order valence-electron chi connectivity index (χ0n) is 27.2. The molecule has 1 aromatic heterocycles. The molecule has 2 saturated carbocycles. The number of hydrogen-bond donors (Lipinski definition) is 2. The number of amides is 2. The molecule has 3 atom stereocenters. The number of aryl methyl sites for hydroxylation is 1. The number of benzene rings is 2. The van der Waals surface area contributed by atoms with E-state index in [1.807, 2.05) is 48.4 Å². The molecule has 3 heterocycles. The van der Waals surface area contributed by atoms with Gasteiger partial charge in [-0.1, -0.05) is 53.0 Å². The maximum absolute atomic E-state index is 14.3. The van der Waals surface area contributed by atoms with Crippen molar-refractivity contribution < 1.29 is 14.3 Å². The van der Waals surface area contributed by atoms with Gasteiger partial charge < -0.3 is 25.2 Å². The summed E-state index contributed by atoms with van der Waals surface area (Å²) < 4.78 is 6.23. The Labute approximate surface area is 297 Å². The lowest BCUT2D eigenvalue weighted by atomic mass is 9.80. The van der Waals surface area contributed by atoms with Crippen molar-refractivity contribution in [2.24, 2.45) is 5.92 Å². The Morgan fingerprint density at radius 1 is 1.00 bits per heavy atom. The third-order valence-electron chi connectivity index (χ3n) is 9.92. The van der Waals surface area contributed by atoms with Gasteiger partial charge in [0.05, 0.1) is 28.9 Å². The summed E-state index contributed by atoms with van der Waals surface area (Å²) in [5, 5.41) is 8.20. The molecule has 11 heteroatoms. The number of piperidine rings is 1. The van der Waals surface area contributed by atoms with Crippen molar-refractivity contribution in [3.05, 3.63) is 86.0 Å². The number of nitrogens with zero attached hydrogens (tertiary/aromatic N) is 3. The van der Waals surface area contributed by atoms with Crippen LogP contribution in [0.25, 0.3) is 0 Å². The summed E-state index contributed by atoms with van der Waals surface area (Å²) >= 11 is 19.5. The van der Waals surface area contributed by atoms with Crippen LogP contribution in [0, 0.1) is 12.8 Å². The molecule has 0 unspecified atom stereocenters. The second-order valence-corrected chi connectivity index (χ2v) is 15.1. The highest BCUT2D eigenvalue weighted by Crippen LogP contribution is 2.38. The minimum Gasteiger partial charge on any atom is -0.485 e. The van der Waals surface area contributed by atoms with Gasteiger partial charge in [0.1, 0.15) is 11.9 Å². The van der Waals surface area contributed by atoms with E-state index in [2.05, 4.69) is 27.7 Å². The number of carbonyl (C=O) groups is 2. The van der Waals surface area contributed by atoms with Crippen LogP contribution in [0.4, 0.5) is 5.82 Å². The highest BCUT2D eigenvalue weighted by molar-refractivity contribution is 6.37. The van der Waals surface area contributed by atoms with Gasteiger partial charge in [-0.25, -0.2) is 4.98 Å². The Bertz CT molecular complexity index is 1640. The molecule has 2 saturated heterocycles. The first-order valence-electron chi connectivity index (χ1n) is 17.1. The third kappa shape index (κ3) is 7.88. The van der Waals surface area contributed by atoms with Gasteiger partial charge in [-0.15, -0.1) is 0 Å². The van der Waals surface area contributed by atoms with E-state index in [1.54, 1.807) is 0 Å². The van der Waals surface area contributed by atoms with Crippen LogP contribution in [0.2, 0.25) is 15.1 Å². The fraction of sp³-hybridized carbons (Fsp3) is 0.486. The Kier molecular flexibility index (Phi) is 10.1. The number of hydrogen-bond acceptors (Lipinski definition) is 6. The molecule has 3 aromatic rings. The first-order chi connectivity index (χ1) is 23.2. The van der Waals surface area contributed by atoms with Crippen LogP contribution >= 0.6 is 34.8 Å². The topological polar surface area (TPSA) is 86.8 Å². The molecular weight excluding hydrogens is 669 g/mol. The SMILES string of the molecule is Cc1cc(Cl)c(O[C@@H]2CCN(c3ccc([C@H]4CCNC[C@@H]4C(=O)N(Cc4cc(CC(=O)NC5CC5)ccc4Cl)C4CC4)cn3)C2)c(Cl)c1. The zero-order chi connectivity index (χ0) is 33.4. The summed E-state index contributed by atoms with van der Waals surface area (Å²) in [6.45, 7) is 5.38. The lowest BCUT2D eigenvalue weighted by Gasteiger charge is -2.36. The largest absolute Gasteiger partial charge is 0.485 e. The molecule has 0 spiro atoms. The average molecular weight is 711 g/mol. The molecule has 0 bridgehead atoms. The lowest BCUT2D eigenvalue weighted by molar-refractivity contribution is -0.138. The van der Waals surface area contributed by atoms with Crippen molar-refractivity contribution >= 4 is 52.4 Å². The van der Waals surface area contributed by atoms with Crippen LogP contribution in [-0.4, -0.2) is 66.1 Å². The standard InChI is InChI=1S/C37H42Cl3N5O3/c1-22-14-32(39)36(33(40)15-22)48-28-11-13-44(21-28)34-9-3-24(18-42-34)29-10-12-41-19-30(29)37(47)45(27-6-7-27)20-25-16-23(2-8-31(25)38)17-35(46)43-26-4-5-26/h2-3,8-9,14-16,18,26-30,41H,4-7,10-13,17,19-21H2,1H3,(H,43,46)/t28-,29-,30+/m1/s1. The van der Waals surface area contributed by atoms with Gasteiger partial charge in [0, 0.05) is 49.4 Å².